The standard InChI is InChI=1S/C15H28N4O2/c1-7-21-14(20)15(6,17-11(2)3)9-8-10-19-13(5)16-12(4)18-19/h11,17H,7-10H2,1-6H3. The Labute approximate surface area is 127 Å². The van der Waals surface area contributed by atoms with Gasteiger partial charge in [0.15, 0.2) is 0 Å². The van der Waals surface area contributed by atoms with Crippen LogP contribution in [0.3, 0.4) is 0 Å². The highest BCUT2D eigenvalue weighted by molar-refractivity contribution is 5.80. The number of ether oxygens (including phenoxy) is 1. The molecule has 0 bridgehead atoms. The number of carbonyl (C=O) groups is 1. The predicted molar refractivity (Wildman–Crippen MR) is 82.0 cm³/mol. The molecule has 1 aromatic rings. The van der Waals surface area contributed by atoms with Crippen molar-refractivity contribution in [3.05, 3.63) is 11.6 Å². The zero-order chi connectivity index (χ0) is 16.0. The quantitative estimate of drug-likeness (QED) is 0.743. The van der Waals surface area contributed by atoms with Crippen LogP contribution in [0.5, 0.6) is 0 Å². The molecular weight excluding hydrogens is 268 g/mol. The minimum Gasteiger partial charge on any atom is -0.465 e. The summed E-state index contributed by atoms with van der Waals surface area (Å²) in [5.74, 6) is 1.49. The van der Waals surface area contributed by atoms with Gasteiger partial charge in [0.25, 0.3) is 0 Å². The molecule has 0 saturated heterocycles. The zero-order valence-electron chi connectivity index (χ0n) is 14.1. The molecule has 0 radical (unpaired) electrons. The lowest BCUT2D eigenvalue weighted by Crippen LogP contribution is -2.53. The molecule has 0 aromatic carbocycles. The predicted octanol–water partition coefficient (Wildman–Crippen LogP) is 1.99. The number of nitrogens with zero attached hydrogens (tertiary/aromatic N) is 3. The number of hydrogen-bond acceptors (Lipinski definition) is 5. The highest BCUT2D eigenvalue weighted by Crippen LogP contribution is 2.17. The molecule has 0 spiro atoms. The summed E-state index contributed by atoms with van der Waals surface area (Å²) in [4.78, 5) is 16.5. The fourth-order valence-electron chi connectivity index (χ4n) is 2.52. The Morgan fingerprint density at radius 1 is 1.43 bits per heavy atom. The van der Waals surface area contributed by atoms with Crippen LogP contribution in [0.15, 0.2) is 0 Å². The first-order valence-corrected chi connectivity index (χ1v) is 7.61. The molecule has 0 amide bonds. The van der Waals surface area contributed by atoms with Crippen molar-refractivity contribution in [2.45, 2.75) is 72.5 Å². The number of esters is 1. The van der Waals surface area contributed by atoms with Gasteiger partial charge in [-0.25, -0.2) is 4.98 Å². The molecule has 0 aliphatic heterocycles. The molecule has 0 aliphatic carbocycles. The van der Waals surface area contributed by atoms with E-state index in [-0.39, 0.29) is 12.0 Å². The number of rotatable bonds is 8. The van der Waals surface area contributed by atoms with Gasteiger partial charge in [-0.2, -0.15) is 5.10 Å². The average molecular weight is 296 g/mol. The van der Waals surface area contributed by atoms with Crippen LogP contribution in [0.4, 0.5) is 0 Å². The van der Waals surface area contributed by atoms with Gasteiger partial charge >= 0.3 is 5.97 Å². The molecule has 1 atom stereocenters. The van der Waals surface area contributed by atoms with Crippen LogP contribution in [-0.2, 0) is 16.1 Å². The second-order valence-corrected chi connectivity index (χ2v) is 5.88. The molecule has 0 saturated carbocycles. The van der Waals surface area contributed by atoms with E-state index in [2.05, 4.69) is 15.4 Å². The maximum Gasteiger partial charge on any atom is 0.326 e. The number of aromatic nitrogens is 3. The molecule has 0 aliphatic rings. The van der Waals surface area contributed by atoms with Crippen LogP contribution in [0, 0.1) is 13.8 Å². The largest absolute Gasteiger partial charge is 0.465 e. The van der Waals surface area contributed by atoms with Crippen molar-refractivity contribution in [1.82, 2.24) is 20.1 Å². The van der Waals surface area contributed by atoms with E-state index in [9.17, 15) is 4.79 Å². The lowest BCUT2D eigenvalue weighted by atomic mass is 9.94. The third kappa shape index (κ3) is 5.12. The Bertz CT molecular complexity index is 470. The molecule has 1 rings (SSSR count). The van der Waals surface area contributed by atoms with E-state index in [0.29, 0.717) is 13.0 Å². The summed E-state index contributed by atoms with van der Waals surface area (Å²) in [5, 5.41) is 7.67. The molecule has 1 N–H and O–H groups in total. The number of hydrogen-bond donors (Lipinski definition) is 1. The summed E-state index contributed by atoms with van der Waals surface area (Å²) in [5.41, 5.74) is -0.659. The number of carbonyl (C=O) groups excluding carboxylic acids is 1. The Morgan fingerprint density at radius 2 is 2.10 bits per heavy atom. The van der Waals surface area contributed by atoms with Crippen LogP contribution in [0.25, 0.3) is 0 Å². The van der Waals surface area contributed by atoms with Crippen LogP contribution >= 0.6 is 0 Å². The zero-order valence-corrected chi connectivity index (χ0v) is 14.1. The Kier molecular flexibility index (Phi) is 6.33. The first-order chi connectivity index (χ1) is 9.78. The van der Waals surface area contributed by atoms with Crippen LogP contribution < -0.4 is 5.32 Å². The summed E-state index contributed by atoms with van der Waals surface area (Å²) in [7, 11) is 0. The second kappa shape index (κ2) is 7.54. The van der Waals surface area contributed by atoms with Gasteiger partial charge < -0.3 is 4.74 Å². The molecule has 21 heavy (non-hydrogen) atoms. The van der Waals surface area contributed by atoms with Crippen molar-refractivity contribution in [3.63, 3.8) is 0 Å². The molecule has 6 nitrogen and oxygen atoms in total. The molecule has 0 fully saturated rings. The van der Waals surface area contributed by atoms with Crippen molar-refractivity contribution < 1.29 is 9.53 Å². The fourth-order valence-corrected chi connectivity index (χ4v) is 2.52. The van der Waals surface area contributed by atoms with Crippen LogP contribution in [0.1, 0.15) is 52.2 Å². The highest BCUT2D eigenvalue weighted by atomic mass is 16.5. The molecule has 120 valence electrons. The van der Waals surface area contributed by atoms with Crippen LogP contribution in [0.2, 0.25) is 0 Å². The highest BCUT2D eigenvalue weighted by Gasteiger charge is 2.34. The van der Waals surface area contributed by atoms with Gasteiger partial charge in [0, 0.05) is 12.6 Å². The third-order valence-corrected chi connectivity index (χ3v) is 3.34. The van der Waals surface area contributed by atoms with Crippen molar-refractivity contribution >= 4 is 5.97 Å². The van der Waals surface area contributed by atoms with Gasteiger partial charge in [0.05, 0.1) is 6.61 Å². The summed E-state index contributed by atoms with van der Waals surface area (Å²) in [6.07, 6.45) is 1.53. The van der Waals surface area contributed by atoms with Crippen molar-refractivity contribution in [2.24, 2.45) is 0 Å². The van der Waals surface area contributed by atoms with Crippen LogP contribution in [-0.4, -0.2) is 38.9 Å². The van der Waals surface area contributed by atoms with Gasteiger partial charge in [0.1, 0.15) is 17.2 Å². The molecule has 6 heteroatoms. The Morgan fingerprint density at radius 3 is 2.57 bits per heavy atom. The van der Waals surface area contributed by atoms with Gasteiger partial charge in [-0.1, -0.05) is 0 Å². The van der Waals surface area contributed by atoms with E-state index < -0.39 is 5.54 Å². The van der Waals surface area contributed by atoms with Crippen molar-refractivity contribution in [2.75, 3.05) is 6.61 Å². The maximum absolute atomic E-state index is 12.2. The minimum absolute atomic E-state index is 0.190. The first-order valence-electron chi connectivity index (χ1n) is 7.61. The van der Waals surface area contributed by atoms with E-state index in [1.807, 2.05) is 46.2 Å². The topological polar surface area (TPSA) is 69.0 Å². The summed E-state index contributed by atoms with van der Waals surface area (Å²) >= 11 is 0. The summed E-state index contributed by atoms with van der Waals surface area (Å²) in [6.45, 7) is 12.8. The molecule has 1 aromatic heterocycles. The van der Waals surface area contributed by atoms with E-state index in [1.165, 1.54) is 0 Å². The molecule has 1 unspecified atom stereocenters. The van der Waals surface area contributed by atoms with E-state index in [0.717, 1.165) is 24.6 Å². The van der Waals surface area contributed by atoms with Gasteiger partial charge in [-0.15, -0.1) is 0 Å². The molecule has 1 heterocycles. The lowest BCUT2D eigenvalue weighted by Gasteiger charge is -2.30. The summed E-state index contributed by atoms with van der Waals surface area (Å²) in [6, 6.07) is 0.217. The Balaban J connectivity index is 2.64. The maximum atomic E-state index is 12.2. The van der Waals surface area contributed by atoms with Crippen molar-refractivity contribution in [3.8, 4) is 0 Å². The SMILES string of the molecule is CCOC(=O)C(C)(CCCn1nc(C)nc1C)NC(C)C. The fraction of sp³-hybridized carbons (Fsp3) is 0.800. The third-order valence-electron chi connectivity index (χ3n) is 3.34. The number of nitrogens with one attached hydrogen (secondary N) is 1. The number of aryl methyl sites for hydroxylation is 3. The lowest BCUT2D eigenvalue weighted by molar-refractivity contribution is -0.151. The Hall–Kier alpha value is -1.43. The summed E-state index contributed by atoms with van der Waals surface area (Å²) < 4.78 is 7.09. The average Bonchev–Trinajstić information content (AvgIpc) is 2.67. The van der Waals surface area contributed by atoms with Crippen molar-refractivity contribution in [1.29, 1.82) is 0 Å². The molecular formula is C15H28N4O2. The normalized spacial score (nSPS) is 14.2. The smallest absolute Gasteiger partial charge is 0.326 e. The van der Waals surface area contributed by atoms with E-state index in [1.54, 1.807) is 0 Å². The van der Waals surface area contributed by atoms with Gasteiger partial charge in [-0.05, 0) is 54.4 Å². The van der Waals surface area contributed by atoms with Gasteiger partial charge in [-0.3, -0.25) is 14.8 Å². The van der Waals surface area contributed by atoms with E-state index in [4.69, 9.17) is 4.74 Å². The second-order valence-electron chi connectivity index (χ2n) is 5.88. The van der Waals surface area contributed by atoms with Gasteiger partial charge in [0.2, 0.25) is 0 Å². The monoisotopic (exact) mass is 296 g/mol. The van der Waals surface area contributed by atoms with E-state index >= 15 is 0 Å². The first kappa shape index (κ1) is 17.6. The minimum atomic E-state index is -0.659.